The van der Waals surface area contributed by atoms with Crippen molar-refractivity contribution in [1.29, 1.82) is 0 Å². The first-order chi connectivity index (χ1) is 11.8. The second kappa shape index (κ2) is 6.82. The Morgan fingerprint density at radius 3 is 3.12 bits per heavy atom. The molecule has 1 saturated heterocycles. The molecule has 3 aromatic rings. The number of nitrogens with zero attached hydrogens (tertiary/aromatic N) is 6. The first kappa shape index (κ1) is 15.5. The summed E-state index contributed by atoms with van der Waals surface area (Å²) < 4.78 is 7.84. The van der Waals surface area contributed by atoms with Crippen molar-refractivity contribution in [1.82, 2.24) is 29.9 Å². The van der Waals surface area contributed by atoms with Crippen LogP contribution in [0, 0.1) is 0 Å². The zero-order valence-corrected chi connectivity index (χ0v) is 14.4. The van der Waals surface area contributed by atoms with Gasteiger partial charge in [0, 0.05) is 6.04 Å². The molecule has 0 aromatic carbocycles. The minimum absolute atomic E-state index is 0.0973. The summed E-state index contributed by atoms with van der Waals surface area (Å²) in [6, 6.07) is 4.50. The summed E-state index contributed by atoms with van der Waals surface area (Å²) in [4.78, 5) is 7.51. The molecule has 0 spiro atoms. The van der Waals surface area contributed by atoms with Crippen molar-refractivity contribution >= 4 is 11.3 Å². The number of aromatic nitrogens is 5. The van der Waals surface area contributed by atoms with Crippen molar-refractivity contribution in [2.24, 2.45) is 0 Å². The Balaban J connectivity index is 1.52. The van der Waals surface area contributed by atoms with Crippen LogP contribution in [0.4, 0.5) is 0 Å². The summed E-state index contributed by atoms with van der Waals surface area (Å²) in [6.07, 6.45) is 6.95. The van der Waals surface area contributed by atoms with Crippen molar-refractivity contribution in [3.63, 3.8) is 0 Å². The lowest BCUT2D eigenvalue weighted by Gasteiger charge is -2.38. The molecule has 2 atom stereocenters. The maximum Gasteiger partial charge on any atom is 0.257 e. The molecule has 8 heteroatoms. The Morgan fingerprint density at radius 2 is 2.33 bits per heavy atom. The van der Waals surface area contributed by atoms with E-state index in [1.807, 2.05) is 22.2 Å². The third-order valence-electron chi connectivity index (χ3n) is 4.56. The molecule has 126 valence electrons. The van der Waals surface area contributed by atoms with Crippen LogP contribution in [0.3, 0.4) is 0 Å². The summed E-state index contributed by atoms with van der Waals surface area (Å²) in [5, 5.41) is 14.8. The number of hydrogen-bond donors (Lipinski definition) is 0. The van der Waals surface area contributed by atoms with E-state index in [-0.39, 0.29) is 6.04 Å². The van der Waals surface area contributed by atoms with Crippen molar-refractivity contribution in [2.45, 2.75) is 44.8 Å². The SMILES string of the molecule is C[C@H](c1nnc(-c2cccs2)o1)N1CCCC[C@H]1Cn1cncn1. The van der Waals surface area contributed by atoms with E-state index in [1.54, 1.807) is 24.0 Å². The highest BCUT2D eigenvalue weighted by atomic mass is 32.1. The van der Waals surface area contributed by atoms with Crippen LogP contribution in [0.25, 0.3) is 10.8 Å². The van der Waals surface area contributed by atoms with Crippen LogP contribution in [-0.4, -0.2) is 42.4 Å². The van der Waals surface area contributed by atoms with Crippen molar-refractivity contribution in [2.75, 3.05) is 6.54 Å². The molecule has 0 unspecified atom stereocenters. The third kappa shape index (κ3) is 3.11. The first-order valence-corrected chi connectivity index (χ1v) is 9.14. The highest BCUT2D eigenvalue weighted by molar-refractivity contribution is 7.13. The normalized spacial score (nSPS) is 20.3. The molecule has 24 heavy (non-hydrogen) atoms. The summed E-state index contributed by atoms with van der Waals surface area (Å²) in [6.45, 7) is 4.03. The lowest BCUT2D eigenvalue weighted by molar-refractivity contribution is 0.0754. The van der Waals surface area contributed by atoms with Gasteiger partial charge in [-0.2, -0.15) is 5.10 Å². The van der Waals surface area contributed by atoms with Gasteiger partial charge in [0.15, 0.2) is 0 Å². The Hall–Kier alpha value is -2.06. The van der Waals surface area contributed by atoms with E-state index in [9.17, 15) is 0 Å². The molecule has 0 amide bonds. The molecule has 7 nitrogen and oxygen atoms in total. The second-order valence-corrected chi connectivity index (χ2v) is 7.05. The van der Waals surface area contributed by atoms with Gasteiger partial charge < -0.3 is 4.42 Å². The molecular formula is C16H20N6OS. The largest absolute Gasteiger partial charge is 0.418 e. The van der Waals surface area contributed by atoms with Crippen LogP contribution in [0.15, 0.2) is 34.6 Å². The highest BCUT2D eigenvalue weighted by Gasteiger charge is 2.30. The molecule has 0 radical (unpaired) electrons. The van der Waals surface area contributed by atoms with Crippen LogP contribution < -0.4 is 0 Å². The number of thiophene rings is 1. The quantitative estimate of drug-likeness (QED) is 0.708. The van der Waals surface area contributed by atoms with Gasteiger partial charge in [0.1, 0.15) is 12.7 Å². The molecule has 0 N–H and O–H groups in total. The molecule has 4 rings (SSSR count). The lowest BCUT2D eigenvalue weighted by Crippen LogP contribution is -2.43. The summed E-state index contributed by atoms with van der Waals surface area (Å²) in [5.74, 6) is 1.29. The van der Waals surface area contributed by atoms with Gasteiger partial charge in [-0.1, -0.05) is 12.5 Å². The van der Waals surface area contributed by atoms with Gasteiger partial charge in [-0.25, -0.2) is 4.98 Å². The fraction of sp³-hybridized carbons (Fsp3) is 0.500. The molecule has 0 bridgehead atoms. The Labute approximate surface area is 144 Å². The topological polar surface area (TPSA) is 72.9 Å². The van der Waals surface area contributed by atoms with Crippen LogP contribution in [0.5, 0.6) is 0 Å². The van der Waals surface area contributed by atoms with E-state index in [0.29, 0.717) is 17.8 Å². The van der Waals surface area contributed by atoms with Crippen molar-refractivity contribution in [3.05, 3.63) is 36.1 Å². The molecule has 1 aliphatic rings. The Morgan fingerprint density at radius 1 is 1.38 bits per heavy atom. The number of rotatable bonds is 5. The number of hydrogen-bond acceptors (Lipinski definition) is 7. The van der Waals surface area contributed by atoms with Gasteiger partial charge in [-0.15, -0.1) is 21.5 Å². The van der Waals surface area contributed by atoms with E-state index in [4.69, 9.17) is 4.42 Å². The molecule has 3 aromatic heterocycles. The predicted octanol–water partition coefficient (Wildman–Crippen LogP) is 3.01. The van der Waals surface area contributed by atoms with E-state index in [1.165, 1.54) is 12.8 Å². The molecule has 0 aliphatic carbocycles. The smallest absolute Gasteiger partial charge is 0.257 e. The highest BCUT2D eigenvalue weighted by Crippen LogP contribution is 2.31. The summed E-state index contributed by atoms with van der Waals surface area (Å²) in [7, 11) is 0. The maximum absolute atomic E-state index is 5.94. The Bertz CT molecular complexity index is 753. The van der Waals surface area contributed by atoms with Crippen LogP contribution >= 0.6 is 11.3 Å². The molecular weight excluding hydrogens is 324 g/mol. The van der Waals surface area contributed by atoms with Gasteiger partial charge >= 0.3 is 0 Å². The monoisotopic (exact) mass is 344 g/mol. The lowest BCUT2D eigenvalue weighted by atomic mass is 10.00. The number of piperidine rings is 1. The molecule has 0 saturated carbocycles. The van der Waals surface area contributed by atoms with Gasteiger partial charge in [0.2, 0.25) is 5.89 Å². The zero-order valence-electron chi connectivity index (χ0n) is 13.6. The fourth-order valence-corrected chi connectivity index (χ4v) is 3.96. The van der Waals surface area contributed by atoms with E-state index in [2.05, 4.69) is 32.1 Å². The number of likely N-dealkylation sites (tertiary alicyclic amines) is 1. The minimum atomic E-state index is 0.0973. The van der Waals surface area contributed by atoms with Crippen molar-refractivity contribution < 1.29 is 4.42 Å². The summed E-state index contributed by atoms with van der Waals surface area (Å²) >= 11 is 1.61. The standard InChI is InChI=1S/C16H20N6OS/c1-12(15-19-20-16(23-15)14-6-4-8-24-14)22-7-3-2-5-13(22)9-21-11-17-10-18-21/h4,6,8,10-13H,2-3,5,7,9H2,1H3/t12-,13+/m1/s1. The molecule has 1 aliphatic heterocycles. The van der Waals surface area contributed by atoms with Gasteiger partial charge in [-0.05, 0) is 37.8 Å². The molecule has 4 heterocycles. The van der Waals surface area contributed by atoms with Crippen LogP contribution in [-0.2, 0) is 6.54 Å². The average molecular weight is 344 g/mol. The van der Waals surface area contributed by atoms with Crippen molar-refractivity contribution in [3.8, 4) is 10.8 Å². The van der Waals surface area contributed by atoms with E-state index in [0.717, 1.165) is 24.4 Å². The van der Waals surface area contributed by atoms with Gasteiger partial charge in [-0.3, -0.25) is 9.58 Å². The molecule has 1 fully saturated rings. The van der Waals surface area contributed by atoms with Crippen LogP contribution in [0.2, 0.25) is 0 Å². The second-order valence-electron chi connectivity index (χ2n) is 6.10. The average Bonchev–Trinajstić information content (AvgIpc) is 3.35. The fourth-order valence-electron chi connectivity index (χ4n) is 3.32. The zero-order chi connectivity index (χ0) is 16.4. The van der Waals surface area contributed by atoms with Gasteiger partial charge in [0.05, 0.1) is 17.5 Å². The van der Waals surface area contributed by atoms with E-state index >= 15 is 0 Å². The third-order valence-corrected chi connectivity index (χ3v) is 5.42. The summed E-state index contributed by atoms with van der Waals surface area (Å²) in [5.41, 5.74) is 0. The van der Waals surface area contributed by atoms with Crippen LogP contribution in [0.1, 0.15) is 38.1 Å². The predicted molar refractivity (Wildman–Crippen MR) is 90.4 cm³/mol. The minimum Gasteiger partial charge on any atom is -0.418 e. The first-order valence-electron chi connectivity index (χ1n) is 8.26. The Kier molecular flexibility index (Phi) is 4.40. The van der Waals surface area contributed by atoms with Gasteiger partial charge in [0.25, 0.3) is 5.89 Å². The van der Waals surface area contributed by atoms with E-state index < -0.39 is 0 Å². The maximum atomic E-state index is 5.94.